The van der Waals surface area contributed by atoms with Gasteiger partial charge in [0.15, 0.2) is 0 Å². The zero-order valence-electron chi connectivity index (χ0n) is 12.5. The molecule has 2 amide bonds. The minimum absolute atomic E-state index is 0.0393. The first-order valence-electron chi connectivity index (χ1n) is 7.64. The summed E-state index contributed by atoms with van der Waals surface area (Å²) in [4.78, 5) is 26.2. The molecule has 0 radical (unpaired) electrons. The van der Waals surface area contributed by atoms with Crippen LogP contribution in [0.5, 0.6) is 0 Å². The molecule has 0 aromatic heterocycles. The molecule has 1 saturated heterocycles. The van der Waals surface area contributed by atoms with Crippen LogP contribution >= 0.6 is 0 Å². The van der Waals surface area contributed by atoms with E-state index in [1.165, 1.54) is 0 Å². The first-order chi connectivity index (χ1) is 9.44. The number of carbonyl (C=O) groups excluding carboxylic acids is 2. The lowest BCUT2D eigenvalue weighted by molar-refractivity contribution is -0.139. The van der Waals surface area contributed by atoms with E-state index in [9.17, 15) is 9.59 Å². The monoisotopic (exact) mass is 282 g/mol. The Bertz CT molecular complexity index is 377. The quantitative estimate of drug-likeness (QED) is 0.761. The Morgan fingerprint density at radius 3 is 2.60 bits per heavy atom. The van der Waals surface area contributed by atoms with E-state index in [2.05, 4.69) is 5.32 Å². The lowest BCUT2D eigenvalue weighted by Crippen LogP contribution is -2.48. The maximum atomic E-state index is 12.3. The van der Waals surface area contributed by atoms with Gasteiger partial charge in [-0.15, -0.1) is 0 Å². The Morgan fingerprint density at radius 2 is 2.00 bits per heavy atom. The molecule has 0 spiro atoms. The van der Waals surface area contributed by atoms with Gasteiger partial charge in [-0.1, -0.05) is 13.8 Å². The molecule has 1 heterocycles. The van der Waals surface area contributed by atoms with Crippen LogP contribution in [0.25, 0.3) is 0 Å². The number of hydrogen-bond acceptors (Lipinski definition) is 3. The zero-order chi connectivity index (χ0) is 14.8. The third-order valence-electron chi connectivity index (χ3n) is 4.29. The number of nitrogens with one attached hydrogen (secondary N) is 1. The molecule has 2 aliphatic rings. The molecule has 20 heavy (non-hydrogen) atoms. The van der Waals surface area contributed by atoms with E-state index in [1.54, 1.807) is 4.90 Å². The molecule has 1 unspecified atom stereocenters. The summed E-state index contributed by atoms with van der Waals surface area (Å²) in [5, 5.41) is 11.9. The Morgan fingerprint density at radius 1 is 1.30 bits per heavy atom. The second-order valence-electron chi connectivity index (χ2n) is 6.82. The van der Waals surface area contributed by atoms with Gasteiger partial charge in [0, 0.05) is 25.6 Å². The van der Waals surface area contributed by atoms with E-state index < -0.39 is 0 Å². The van der Waals surface area contributed by atoms with E-state index in [-0.39, 0.29) is 35.8 Å². The largest absolute Gasteiger partial charge is 0.396 e. The Labute approximate surface area is 120 Å². The van der Waals surface area contributed by atoms with Gasteiger partial charge in [0.1, 0.15) is 6.04 Å². The summed E-state index contributed by atoms with van der Waals surface area (Å²) in [7, 11) is 0. The minimum Gasteiger partial charge on any atom is -0.396 e. The topological polar surface area (TPSA) is 69.6 Å². The third kappa shape index (κ3) is 3.72. The molecular weight excluding hydrogens is 256 g/mol. The van der Waals surface area contributed by atoms with Gasteiger partial charge < -0.3 is 15.3 Å². The first kappa shape index (κ1) is 15.3. The van der Waals surface area contributed by atoms with Crippen LogP contribution in [0.4, 0.5) is 0 Å². The SMILES string of the molecule is CC(C)(CCO)CNC(=O)C1CCCN1C(=O)C1CC1. The minimum atomic E-state index is -0.284. The van der Waals surface area contributed by atoms with Crippen LogP contribution < -0.4 is 5.32 Å². The van der Waals surface area contributed by atoms with Gasteiger partial charge in [-0.25, -0.2) is 0 Å². The standard InChI is InChI=1S/C15H26N2O3/c1-15(2,7-9-18)10-16-13(19)12-4-3-8-17(12)14(20)11-5-6-11/h11-12,18H,3-10H2,1-2H3,(H,16,19). The van der Waals surface area contributed by atoms with Gasteiger partial charge >= 0.3 is 0 Å². The van der Waals surface area contributed by atoms with E-state index >= 15 is 0 Å². The highest BCUT2D eigenvalue weighted by Gasteiger charge is 2.40. The molecule has 5 heteroatoms. The summed E-state index contributed by atoms with van der Waals surface area (Å²) in [5.74, 6) is 0.300. The van der Waals surface area contributed by atoms with Crippen molar-refractivity contribution in [1.29, 1.82) is 0 Å². The Hall–Kier alpha value is -1.10. The smallest absolute Gasteiger partial charge is 0.242 e. The second kappa shape index (κ2) is 6.12. The second-order valence-corrected chi connectivity index (χ2v) is 6.82. The summed E-state index contributed by atoms with van der Waals surface area (Å²) in [5.41, 5.74) is -0.117. The molecule has 2 fully saturated rings. The van der Waals surface area contributed by atoms with Crippen LogP contribution in [0.3, 0.4) is 0 Å². The van der Waals surface area contributed by atoms with Crippen LogP contribution in [0.1, 0.15) is 46.0 Å². The summed E-state index contributed by atoms with van der Waals surface area (Å²) < 4.78 is 0. The van der Waals surface area contributed by atoms with Crippen LogP contribution in [0.15, 0.2) is 0 Å². The fraction of sp³-hybridized carbons (Fsp3) is 0.867. The summed E-state index contributed by atoms with van der Waals surface area (Å²) >= 11 is 0. The maximum Gasteiger partial charge on any atom is 0.242 e. The van der Waals surface area contributed by atoms with Gasteiger partial charge in [0.05, 0.1) is 0 Å². The molecule has 114 valence electrons. The number of aliphatic hydroxyl groups excluding tert-OH is 1. The number of amides is 2. The van der Waals surface area contributed by atoms with Crippen molar-refractivity contribution in [2.24, 2.45) is 11.3 Å². The number of aliphatic hydroxyl groups is 1. The zero-order valence-corrected chi connectivity index (χ0v) is 12.5. The van der Waals surface area contributed by atoms with Gasteiger partial charge in [0.25, 0.3) is 0 Å². The summed E-state index contributed by atoms with van der Waals surface area (Å²) in [6, 6.07) is -0.284. The highest BCUT2D eigenvalue weighted by Crippen LogP contribution is 2.33. The fourth-order valence-corrected chi connectivity index (χ4v) is 2.70. The van der Waals surface area contributed by atoms with Gasteiger partial charge in [-0.2, -0.15) is 0 Å². The molecule has 5 nitrogen and oxygen atoms in total. The molecular formula is C15H26N2O3. The highest BCUT2D eigenvalue weighted by molar-refractivity contribution is 5.90. The Balaban J connectivity index is 1.86. The first-order valence-corrected chi connectivity index (χ1v) is 7.64. The molecule has 1 aliphatic heterocycles. The van der Waals surface area contributed by atoms with Crippen molar-refractivity contribution in [1.82, 2.24) is 10.2 Å². The molecule has 0 aromatic rings. The Kier molecular flexibility index (Phi) is 4.68. The van der Waals surface area contributed by atoms with Crippen LogP contribution in [0.2, 0.25) is 0 Å². The van der Waals surface area contributed by atoms with Crippen molar-refractivity contribution < 1.29 is 14.7 Å². The lowest BCUT2D eigenvalue weighted by Gasteiger charge is -2.28. The van der Waals surface area contributed by atoms with E-state index in [0.717, 1.165) is 25.7 Å². The number of likely N-dealkylation sites (tertiary alicyclic amines) is 1. The molecule has 0 bridgehead atoms. The van der Waals surface area contributed by atoms with E-state index in [0.29, 0.717) is 19.5 Å². The summed E-state index contributed by atoms with van der Waals surface area (Å²) in [6.07, 6.45) is 4.30. The van der Waals surface area contributed by atoms with E-state index in [4.69, 9.17) is 5.11 Å². The predicted octanol–water partition coefficient (Wildman–Crippen LogP) is 0.912. The average Bonchev–Trinajstić information content (AvgIpc) is 3.12. The number of hydrogen-bond donors (Lipinski definition) is 2. The fourth-order valence-electron chi connectivity index (χ4n) is 2.70. The average molecular weight is 282 g/mol. The molecule has 1 aliphatic carbocycles. The number of carbonyl (C=O) groups is 2. The van der Waals surface area contributed by atoms with Crippen molar-refractivity contribution in [3.63, 3.8) is 0 Å². The molecule has 1 atom stereocenters. The lowest BCUT2D eigenvalue weighted by atomic mass is 9.89. The molecule has 2 rings (SSSR count). The highest BCUT2D eigenvalue weighted by atomic mass is 16.3. The maximum absolute atomic E-state index is 12.3. The normalized spacial score (nSPS) is 22.9. The van der Waals surface area contributed by atoms with Gasteiger partial charge in [-0.3, -0.25) is 9.59 Å². The van der Waals surface area contributed by atoms with Gasteiger partial charge in [-0.05, 0) is 37.5 Å². The van der Waals surface area contributed by atoms with Crippen molar-refractivity contribution in [2.45, 2.75) is 52.0 Å². The molecule has 0 aromatic carbocycles. The van der Waals surface area contributed by atoms with Crippen LogP contribution in [-0.2, 0) is 9.59 Å². The predicted molar refractivity (Wildman–Crippen MR) is 76.0 cm³/mol. The number of nitrogens with zero attached hydrogens (tertiary/aromatic N) is 1. The third-order valence-corrected chi connectivity index (χ3v) is 4.29. The molecule has 2 N–H and O–H groups in total. The van der Waals surface area contributed by atoms with Crippen LogP contribution in [0, 0.1) is 11.3 Å². The van der Waals surface area contributed by atoms with Crippen molar-refractivity contribution in [3.8, 4) is 0 Å². The van der Waals surface area contributed by atoms with Crippen molar-refractivity contribution in [3.05, 3.63) is 0 Å². The summed E-state index contributed by atoms with van der Waals surface area (Å²) in [6.45, 7) is 5.41. The molecule has 1 saturated carbocycles. The van der Waals surface area contributed by atoms with Crippen LogP contribution in [-0.4, -0.2) is 47.6 Å². The number of rotatable bonds is 6. The van der Waals surface area contributed by atoms with Crippen molar-refractivity contribution in [2.75, 3.05) is 19.7 Å². The van der Waals surface area contributed by atoms with Crippen molar-refractivity contribution >= 4 is 11.8 Å². The van der Waals surface area contributed by atoms with Gasteiger partial charge in [0.2, 0.25) is 11.8 Å². The van der Waals surface area contributed by atoms with E-state index in [1.807, 2.05) is 13.8 Å².